The number of benzene rings is 1. The maximum Gasteiger partial charge on any atom is 0.329 e. The summed E-state index contributed by atoms with van der Waals surface area (Å²) in [6.45, 7) is 0.239. The van der Waals surface area contributed by atoms with Gasteiger partial charge in [0.25, 0.3) is 0 Å². The van der Waals surface area contributed by atoms with Crippen LogP contribution in [-0.2, 0) is 16.4 Å². The standard InChI is InChI=1S/C24H20ClN5O3S/c1-34(32,33)18-6-2-15(3-7-18)23-19(27-22-12-16(25)9-11-28(22)23)14-29-21-13-26-10-8-20(21)30(24(29)31)17-4-5-17/h2-3,6-13,17H,4-5,14H2,1H3. The zero-order valence-corrected chi connectivity index (χ0v) is 19.8. The van der Waals surface area contributed by atoms with Gasteiger partial charge in [-0.05, 0) is 37.1 Å². The van der Waals surface area contributed by atoms with Crippen molar-refractivity contribution in [2.24, 2.45) is 0 Å². The number of aromatic nitrogens is 5. The first kappa shape index (κ1) is 21.1. The van der Waals surface area contributed by atoms with Gasteiger partial charge in [0.1, 0.15) is 5.65 Å². The van der Waals surface area contributed by atoms with E-state index in [0.717, 1.165) is 35.1 Å². The third-order valence-corrected chi connectivity index (χ3v) is 7.56. The summed E-state index contributed by atoms with van der Waals surface area (Å²) in [5.74, 6) is 0. The smallest absolute Gasteiger partial charge is 0.299 e. The molecule has 1 aromatic carbocycles. The van der Waals surface area contributed by atoms with E-state index >= 15 is 0 Å². The van der Waals surface area contributed by atoms with E-state index in [1.54, 1.807) is 53.4 Å². The molecule has 0 spiro atoms. The fourth-order valence-electron chi connectivity index (χ4n) is 4.46. The highest BCUT2D eigenvalue weighted by Gasteiger charge is 2.29. The van der Waals surface area contributed by atoms with Crippen LogP contribution in [0.2, 0.25) is 5.02 Å². The second kappa shape index (κ2) is 7.54. The van der Waals surface area contributed by atoms with Gasteiger partial charge >= 0.3 is 5.69 Å². The van der Waals surface area contributed by atoms with Crippen molar-refractivity contribution in [2.75, 3.05) is 6.26 Å². The van der Waals surface area contributed by atoms with Gasteiger partial charge in [-0.2, -0.15) is 0 Å². The van der Waals surface area contributed by atoms with Crippen molar-refractivity contribution >= 4 is 38.1 Å². The number of pyridine rings is 2. The van der Waals surface area contributed by atoms with Gasteiger partial charge in [0, 0.05) is 41.3 Å². The molecule has 0 aliphatic heterocycles. The number of nitrogens with zero attached hydrogens (tertiary/aromatic N) is 5. The molecular weight excluding hydrogens is 474 g/mol. The molecule has 0 unspecified atom stereocenters. The summed E-state index contributed by atoms with van der Waals surface area (Å²) < 4.78 is 29.3. The van der Waals surface area contributed by atoms with Gasteiger partial charge in [-0.25, -0.2) is 18.2 Å². The quantitative estimate of drug-likeness (QED) is 0.369. The van der Waals surface area contributed by atoms with E-state index in [4.69, 9.17) is 16.6 Å². The first-order valence-corrected chi connectivity index (χ1v) is 13.1. The Labute approximate surface area is 200 Å². The summed E-state index contributed by atoms with van der Waals surface area (Å²) in [4.78, 5) is 22.7. The first-order valence-electron chi connectivity index (χ1n) is 10.8. The van der Waals surface area contributed by atoms with Crippen LogP contribution in [0.4, 0.5) is 0 Å². The molecule has 1 saturated carbocycles. The van der Waals surface area contributed by atoms with Gasteiger partial charge in [0.2, 0.25) is 0 Å². The van der Waals surface area contributed by atoms with Gasteiger partial charge < -0.3 is 0 Å². The zero-order chi connectivity index (χ0) is 23.6. The van der Waals surface area contributed by atoms with Crippen molar-refractivity contribution in [1.29, 1.82) is 0 Å². The Morgan fingerprint density at radius 3 is 2.56 bits per heavy atom. The van der Waals surface area contributed by atoms with Gasteiger partial charge in [-0.1, -0.05) is 23.7 Å². The maximum absolute atomic E-state index is 13.4. The highest BCUT2D eigenvalue weighted by Crippen LogP contribution is 2.36. The number of halogens is 1. The average Bonchev–Trinajstić information content (AvgIpc) is 3.52. The predicted octanol–water partition coefficient (Wildman–Crippen LogP) is 3.95. The molecule has 0 radical (unpaired) electrons. The summed E-state index contributed by atoms with van der Waals surface area (Å²) in [6, 6.07) is 12.3. The van der Waals surface area contributed by atoms with Crippen LogP contribution in [0.1, 0.15) is 24.6 Å². The number of hydrogen-bond acceptors (Lipinski definition) is 5. The molecule has 0 atom stereocenters. The van der Waals surface area contributed by atoms with Crippen LogP contribution < -0.4 is 5.69 Å². The molecule has 0 amide bonds. The summed E-state index contributed by atoms with van der Waals surface area (Å²) in [5, 5.41) is 0.551. The number of fused-ring (bicyclic) bond motifs is 2. The van der Waals surface area contributed by atoms with Gasteiger partial charge in [-0.3, -0.25) is 18.5 Å². The Bertz CT molecular complexity index is 1750. The third-order valence-electron chi connectivity index (χ3n) is 6.20. The van der Waals surface area contributed by atoms with E-state index < -0.39 is 9.84 Å². The van der Waals surface area contributed by atoms with Crippen molar-refractivity contribution in [1.82, 2.24) is 23.5 Å². The largest absolute Gasteiger partial charge is 0.329 e. The van der Waals surface area contributed by atoms with E-state index in [2.05, 4.69) is 4.98 Å². The van der Waals surface area contributed by atoms with Gasteiger partial charge in [0.05, 0.1) is 40.1 Å². The van der Waals surface area contributed by atoms with Crippen molar-refractivity contribution in [3.63, 3.8) is 0 Å². The Morgan fingerprint density at radius 1 is 1.09 bits per heavy atom. The molecule has 1 aliphatic carbocycles. The van der Waals surface area contributed by atoms with E-state index in [9.17, 15) is 13.2 Å². The Balaban J connectivity index is 1.55. The van der Waals surface area contributed by atoms with E-state index in [1.165, 1.54) is 6.26 Å². The van der Waals surface area contributed by atoms with Crippen LogP contribution in [0.15, 0.2) is 70.7 Å². The molecule has 1 aliphatic rings. The van der Waals surface area contributed by atoms with Crippen LogP contribution in [0.25, 0.3) is 27.9 Å². The minimum Gasteiger partial charge on any atom is -0.299 e. The Hall–Kier alpha value is -3.43. The second-order valence-corrected chi connectivity index (χ2v) is 11.1. The van der Waals surface area contributed by atoms with E-state index in [0.29, 0.717) is 16.4 Å². The van der Waals surface area contributed by atoms with Crippen molar-refractivity contribution in [3.05, 3.63) is 82.3 Å². The molecule has 8 nitrogen and oxygen atoms in total. The molecule has 0 bridgehead atoms. The van der Waals surface area contributed by atoms with Gasteiger partial charge in [0.15, 0.2) is 9.84 Å². The molecule has 6 rings (SSSR count). The SMILES string of the molecule is CS(=O)(=O)c1ccc(-c2c(Cn3c(=O)n(C4CC4)c4ccncc43)nc3cc(Cl)ccn23)cc1. The number of hydrogen-bond donors (Lipinski definition) is 0. The Morgan fingerprint density at radius 2 is 1.85 bits per heavy atom. The zero-order valence-electron chi connectivity index (χ0n) is 18.2. The summed E-state index contributed by atoms with van der Waals surface area (Å²) in [7, 11) is -3.32. The number of sulfone groups is 1. The average molecular weight is 494 g/mol. The molecule has 4 aromatic heterocycles. The van der Waals surface area contributed by atoms with E-state index in [1.807, 2.05) is 21.2 Å². The van der Waals surface area contributed by atoms with Crippen molar-refractivity contribution in [3.8, 4) is 11.3 Å². The van der Waals surface area contributed by atoms with Gasteiger partial charge in [-0.15, -0.1) is 0 Å². The normalized spacial score (nSPS) is 14.3. The lowest BCUT2D eigenvalue weighted by Gasteiger charge is -2.08. The maximum atomic E-state index is 13.4. The molecule has 1 fully saturated rings. The number of rotatable bonds is 5. The highest BCUT2D eigenvalue weighted by molar-refractivity contribution is 7.90. The molecule has 0 saturated heterocycles. The fourth-order valence-corrected chi connectivity index (χ4v) is 5.24. The molecule has 4 heterocycles. The van der Waals surface area contributed by atoms with Crippen molar-refractivity contribution < 1.29 is 8.42 Å². The summed E-state index contributed by atoms with van der Waals surface area (Å²) in [5.41, 5.74) is 4.42. The Kier molecular flexibility index (Phi) is 4.69. The molecular formula is C24H20ClN5O3S. The molecule has 0 N–H and O–H groups in total. The molecule has 10 heteroatoms. The van der Waals surface area contributed by atoms with Crippen LogP contribution in [0, 0.1) is 0 Å². The first-order chi connectivity index (χ1) is 16.3. The lowest BCUT2D eigenvalue weighted by atomic mass is 10.1. The van der Waals surface area contributed by atoms with Crippen LogP contribution >= 0.6 is 11.6 Å². The fraction of sp³-hybridized carbons (Fsp3) is 0.208. The summed E-state index contributed by atoms with van der Waals surface area (Å²) >= 11 is 6.22. The number of imidazole rings is 2. The highest BCUT2D eigenvalue weighted by atomic mass is 35.5. The predicted molar refractivity (Wildman–Crippen MR) is 130 cm³/mol. The minimum atomic E-state index is -3.32. The minimum absolute atomic E-state index is 0.0843. The second-order valence-electron chi connectivity index (χ2n) is 8.61. The topological polar surface area (TPSA) is 91.3 Å². The lowest BCUT2D eigenvalue weighted by molar-refractivity contribution is 0.602. The van der Waals surface area contributed by atoms with Crippen LogP contribution in [0.5, 0.6) is 0 Å². The summed E-state index contributed by atoms with van der Waals surface area (Å²) in [6.07, 6.45) is 8.40. The van der Waals surface area contributed by atoms with Crippen LogP contribution in [-0.4, -0.2) is 38.2 Å². The van der Waals surface area contributed by atoms with E-state index in [-0.39, 0.29) is 23.2 Å². The third kappa shape index (κ3) is 3.43. The molecule has 5 aromatic rings. The monoisotopic (exact) mass is 493 g/mol. The lowest BCUT2D eigenvalue weighted by Crippen LogP contribution is -2.24. The molecule has 172 valence electrons. The van der Waals surface area contributed by atoms with Crippen LogP contribution in [0.3, 0.4) is 0 Å². The van der Waals surface area contributed by atoms with Crippen molar-refractivity contribution in [2.45, 2.75) is 30.3 Å². The molecule has 34 heavy (non-hydrogen) atoms.